The first-order valence-corrected chi connectivity index (χ1v) is 24.3. The van der Waals surface area contributed by atoms with Gasteiger partial charge in [0.2, 0.25) is 0 Å². The van der Waals surface area contributed by atoms with Gasteiger partial charge in [-0.1, -0.05) is 0 Å². The standard InChI is InChI=1S/C16H31OSi.3C4H9.Sn/c1-10-14(4)12-15(11-13(2)3)17-18(8,9)16(5,6)7;3*1-3-4-2;/h10-11,15H,1,12H2,2-9H3;3*1,3-4H2,2H3;/b14-10+;;;;. The van der Waals surface area contributed by atoms with E-state index in [0.29, 0.717) is 0 Å². The number of unbranched alkanes of at least 4 members (excludes halogenated alkanes) is 3. The Bertz CT molecular complexity index is 516. The van der Waals surface area contributed by atoms with E-state index < -0.39 is 26.7 Å². The zero-order chi connectivity index (χ0) is 24.1. The molecule has 0 aromatic heterocycles. The summed E-state index contributed by atoms with van der Waals surface area (Å²) in [6, 6.07) is 0. The number of allylic oxidation sites excluding steroid dienone is 2. The van der Waals surface area contributed by atoms with Gasteiger partial charge < -0.3 is 0 Å². The van der Waals surface area contributed by atoms with Crippen molar-refractivity contribution in [3.63, 3.8) is 0 Å². The van der Waals surface area contributed by atoms with Gasteiger partial charge in [-0.2, -0.15) is 0 Å². The van der Waals surface area contributed by atoms with E-state index in [1.165, 1.54) is 48.5 Å². The second kappa shape index (κ2) is 15.4. The van der Waals surface area contributed by atoms with Crippen LogP contribution in [-0.2, 0) is 4.43 Å². The number of hydrogen-bond acceptors (Lipinski definition) is 1. The molecule has 0 radical (unpaired) electrons. The second-order valence-corrected chi connectivity index (χ2v) is 30.7. The summed E-state index contributed by atoms with van der Waals surface area (Å²) in [5.74, 6) is 0. The molecule has 0 fully saturated rings. The zero-order valence-electron chi connectivity index (χ0n) is 23.4. The van der Waals surface area contributed by atoms with Gasteiger partial charge in [0, 0.05) is 0 Å². The van der Waals surface area contributed by atoms with Crippen molar-refractivity contribution in [1.29, 1.82) is 0 Å². The van der Waals surface area contributed by atoms with Crippen LogP contribution >= 0.6 is 0 Å². The third-order valence-corrected chi connectivity index (χ3v) is 27.0. The van der Waals surface area contributed by atoms with Crippen molar-refractivity contribution in [3.05, 3.63) is 23.3 Å². The molecular weight excluding hydrogens is 499 g/mol. The molecule has 0 amide bonds. The van der Waals surface area contributed by atoms with Crippen molar-refractivity contribution in [2.45, 2.75) is 149 Å². The Balaban J connectivity index is 5.53. The molecule has 0 N–H and O–H groups in total. The minimum absolute atomic E-state index is 0.230. The van der Waals surface area contributed by atoms with Crippen LogP contribution in [0, 0.1) is 0 Å². The van der Waals surface area contributed by atoms with E-state index in [-0.39, 0.29) is 11.1 Å². The van der Waals surface area contributed by atoms with Gasteiger partial charge >= 0.3 is 204 Å². The fraction of sp³-hybridized carbons (Fsp3) is 0.857. The summed E-state index contributed by atoms with van der Waals surface area (Å²) in [6.45, 7) is 25.7. The summed E-state index contributed by atoms with van der Waals surface area (Å²) in [4.78, 5) is 0. The van der Waals surface area contributed by atoms with Crippen LogP contribution in [0.25, 0.3) is 0 Å². The van der Waals surface area contributed by atoms with Crippen molar-refractivity contribution in [2.24, 2.45) is 0 Å². The van der Waals surface area contributed by atoms with Gasteiger partial charge in [0.25, 0.3) is 0 Å². The molecule has 1 unspecified atom stereocenters. The number of hydrogen-bond donors (Lipinski definition) is 0. The molecule has 0 spiro atoms. The molecule has 0 heterocycles. The summed E-state index contributed by atoms with van der Waals surface area (Å²) in [6.07, 6.45) is 14.8. The average Bonchev–Trinajstić information content (AvgIpc) is 2.65. The third kappa shape index (κ3) is 13.1. The molecule has 0 saturated heterocycles. The van der Waals surface area contributed by atoms with Crippen LogP contribution < -0.4 is 0 Å². The molecule has 0 aliphatic rings. The topological polar surface area (TPSA) is 9.23 Å². The van der Waals surface area contributed by atoms with E-state index in [2.05, 4.69) is 87.6 Å². The van der Waals surface area contributed by atoms with Gasteiger partial charge in [0.05, 0.1) is 0 Å². The van der Waals surface area contributed by atoms with Gasteiger partial charge in [-0.3, -0.25) is 0 Å². The molecule has 31 heavy (non-hydrogen) atoms. The summed E-state index contributed by atoms with van der Waals surface area (Å²) in [5, 5.41) is 0.254. The Hall–Kier alpha value is 0.456. The molecule has 0 aliphatic carbocycles. The molecule has 0 rings (SSSR count). The Morgan fingerprint density at radius 2 is 1.32 bits per heavy atom. The molecule has 0 aliphatic heterocycles. The maximum atomic E-state index is 6.85. The fourth-order valence-electron chi connectivity index (χ4n) is 4.19. The Labute approximate surface area is 202 Å². The normalized spacial score (nSPS) is 14.6. The molecule has 0 saturated carbocycles. The SMILES string of the molecule is CCC[CH2][Sn]([CH2]/C=C(\C)CC(C=C(C)C)O[Si](C)(C)C(C)(C)C)([CH2]CCC)[CH2]CCC. The van der Waals surface area contributed by atoms with E-state index in [1.807, 2.05) is 0 Å². The van der Waals surface area contributed by atoms with Crippen LogP contribution in [0.1, 0.15) is 107 Å². The van der Waals surface area contributed by atoms with Crippen LogP contribution in [0.2, 0.25) is 35.9 Å². The Kier molecular flexibility index (Phi) is 15.6. The molecule has 3 heteroatoms. The summed E-state index contributed by atoms with van der Waals surface area (Å²) in [5.41, 5.74) is 2.94. The van der Waals surface area contributed by atoms with E-state index in [4.69, 9.17) is 4.43 Å². The van der Waals surface area contributed by atoms with Crippen LogP contribution in [0.3, 0.4) is 0 Å². The van der Waals surface area contributed by atoms with Crippen molar-refractivity contribution in [1.82, 2.24) is 0 Å². The first-order chi connectivity index (χ1) is 14.3. The van der Waals surface area contributed by atoms with E-state index in [9.17, 15) is 0 Å². The van der Waals surface area contributed by atoms with Crippen LogP contribution in [0.15, 0.2) is 23.3 Å². The van der Waals surface area contributed by atoms with Gasteiger partial charge in [0.1, 0.15) is 0 Å². The van der Waals surface area contributed by atoms with Crippen molar-refractivity contribution in [3.8, 4) is 0 Å². The minimum atomic E-state index is -2.08. The van der Waals surface area contributed by atoms with Gasteiger partial charge in [0.15, 0.2) is 0 Å². The summed E-state index contributed by atoms with van der Waals surface area (Å²) >= 11 is -2.08. The molecule has 1 atom stereocenters. The van der Waals surface area contributed by atoms with Crippen LogP contribution in [0.5, 0.6) is 0 Å². The Morgan fingerprint density at radius 1 is 0.871 bits per heavy atom. The van der Waals surface area contributed by atoms with Crippen LogP contribution in [0.4, 0.5) is 0 Å². The van der Waals surface area contributed by atoms with Gasteiger partial charge in [-0.25, -0.2) is 0 Å². The van der Waals surface area contributed by atoms with E-state index in [0.717, 1.165) is 6.42 Å². The van der Waals surface area contributed by atoms with E-state index >= 15 is 0 Å². The first-order valence-electron chi connectivity index (χ1n) is 13.3. The molecule has 0 bridgehead atoms. The maximum absolute atomic E-state index is 6.85. The molecule has 0 aromatic carbocycles. The van der Waals surface area contributed by atoms with Gasteiger partial charge in [-0.05, 0) is 0 Å². The van der Waals surface area contributed by atoms with Crippen molar-refractivity contribution < 1.29 is 4.43 Å². The van der Waals surface area contributed by atoms with Crippen molar-refractivity contribution >= 4 is 26.7 Å². The van der Waals surface area contributed by atoms with E-state index in [1.54, 1.807) is 18.9 Å². The number of rotatable bonds is 16. The average molecular weight is 558 g/mol. The fourth-order valence-corrected chi connectivity index (χ4v) is 21.0. The molecule has 0 aromatic rings. The predicted octanol–water partition coefficient (Wildman–Crippen LogP) is 10.5. The summed E-state index contributed by atoms with van der Waals surface area (Å²) in [7, 11) is -1.77. The summed E-state index contributed by atoms with van der Waals surface area (Å²) < 4.78 is 13.1. The molecular formula is C28H58OSiSn. The third-order valence-electron chi connectivity index (χ3n) is 7.36. The Morgan fingerprint density at radius 3 is 1.68 bits per heavy atom. The predicted molar refractivity (Wildman–Crippen MR) is 150 cm³/mol. The molecule has 1 nitrogen and oxygen atoms in total. The van der Waals surface area contributed by atoms with Gasteiger partial charge in [-0.15, -0.1) is 0 Å². The second-order valence-electron chi connectivity index (χ2n) is 11.9. The quantitative estimate of drug-likeness (QED) is 0.136. The van der Waals surface area contributed by atoms with Crippen LogP contribution in [-0.4, -0.2) is 32.8 Å². The zero-order valence-corrected chi connectivity index (χ0v) is 27.3. The van der Waals surface area contributed by atoms with Crippen molar-refractivity contribution in [2.75, 3.05) is 0 Å². The monoisotopic (exact) mass is 558 g/mol. The molecule has 184 valence electrons. The first kappa shape index (κ1) is 31.5.